The van der Waals surface area contributed by atoms with E-state index >= 15 is 0 Å². The molecular formula is C14H28P2. The monoisotopic (exact) mass is 258 g/mol. The quantitative estimate of drug-likeness (QED) is 0.607. The first-order valence-corrected chi connectivity index (χ1v) is 10.9. The molecule has 0 nitrogen and oxygen atoms in total. The van der Waals surface area contributed by atoms with E-state index in [2.05, 4.69) is 41.0 Å². The third kappa shape index (κ3) is 2.10. The van der Waals surface area contributed by atoms with Crippen LogP contribution in [0.15, 0.2) is 0 Å². The van der Waals surface area contributed by atoms with Gasteiger partial charge in [0.2, 0.25) is 0 Å². The summed E-state index contributed by atoms with van der Waals surface area (Å²) >= 11 is 0. The van der Waals surface area contributed by atoms with Gasteiger partial charge in [0.1, 0.15) is 0 Å². The standard InChI is InChI=1S/C14H28P2/c1-9-7-15(5)13(11(9)3)14-12(4)10(2)8-16(14)6/h9-14H,7-8H2,1-6H3/t9-,10-,11+,12+,13-,14-,15-,16+/m1/s1. The summed E-state index contributed by atoms with van der Waals surface area (Å²) in [7, 11) is 0.651. The number of hydrogen-bond donors (Lipinski definition) is 0. The third-order valence-corrected chi connectivity index (χ3v) is 11.6. The average molecular weight is 258 g/mol. The van der Waals surface area contributed by atoms with Crippen molar-refractivity contribution in [2.75, 3.05) is 25.7 Å². The highest BCUT2D eigenvalue weighted by molar-refractivity contribution is 7.62. The molecule has 2 aliphatic rings. The van der Waals surface area contributed by atoms with Crippen LogP contribution in [0, 0.1) is 23.7 Å². The van der Waals surface area contributed by atoms with E-state index in [1.165, 1.54) is 0 Å². The van der Waals surface area contributed by atoms with Gasteiger partial charge in [-0.15, -0.1) is 15.8 Å². The predicted molar refractivity (Wildman–Crippen MR) is 79.7 cm³/mol. The minimum absolute atomic E-state index is 0.326. The van der Waals surface area contributed by atoms with Crippen LogP contribution in [0.4, 0.5) is 0 Å². The van der Waals surface area contributed by atoms with Gasteiger partial charge in [0.15, 0.2) is 0 Å². The van der Waals surface area contributed by atoms with Crippen molar-refractivity contribution < 1.29 is 0 Å². The molecule has 0 amide bonds. The Balaban J connectivity index is 2.18. The molecule has 2 heteroatoms. The van der Waals surface area contributed by atoms with Crippen molar-refractivity contribution in [1.29, 1.82) is 0 Å². The highest BCUT2D eigenvalue weighted by atomic mass is 31.1. The second-order valence-corrected chi connectivity index (χ2v) is 11.5. The number of rotatable bonds is 1. The van der Waals surface area contributed by atoms with Crippen molar-refractivity contribution in [2.24, 2.45) is 23.7 Å². The molecule has 2 aliphatic heterocycles. The second-order valence-electron chi connectivity index (χ2n) is 6.53. The molecule has 0 saturated carbocycles. The Bertz CT molecular complexity index is 227. The Morgan fingerprint density at radius 3 is 1.19 bits per heavy atom. The maximum absolute atomic E-state index is 2.58. The minimum atomic E-state index is 0.326. The van der Waals surface area contributed by atoms with E-state index in [-0.39, 0.29) is 0 Å². The summed E-state index contributed by atoms with van der Waals surface area (Å²) < 4.78 is 0. The van der Waals surface area contributed by atoms with Gasteiger partial charge in [0.25, 0.3) is 0 Å². The molecule has 0 unspecified atom stereocenters. The molecule has 2 heterocycles. The first kappa shape index (κ1) is 13.3. The van der Waals surface area contributed by atoms with Crippen molar-refractivity contribution in [2.45, 2.75) is 39.0 Å². The second kappa shape index (κ2) is 4.85. The topological polar surface area (TPSA) is 0 Å². The highest BCUT2D eigenvalue weighted by Gasteiger charge is 2.47. The Morgan fingerprint density at radius 1 is 0.688 bits per heavy atom. The SMILES string of the molecule is C[C@@H]1[C@H]([C@H]2[C@@H](C)[C@H](C)C[P@]2C)[P@](C)C[C@H]1C. The Kier molecular flexibility index (Phi) is 4.03. The molecule has 0 N–H and O–H groups in total. The van der Waals surface area contributed by atoms with Crippen LogP contribution in [-0.4, -0.2) is 37.0 Å². The van der Waals surface area contributed by atoms with Crippen LogP contribution in [0.1, 0.15) is 27.7 Å². The van der Waals surface area contributed by atoms with Crippen LogP contribution in [0.2, 0.25) is 0 Å². The molecule has 0 spiro atoms. The summed E-state index contributed by atoms with van der Waals surface area (Å²) in [5.41, 5.74) is 2.20. The van der Waals surface area contributed by atoms with E-state index in [0.29, 0.717) is 15.8 Å². The van der Waals surface area contributed by atoms with Crippen LogP contribution in [0.3, 0.4) is 0 Å². The Morgan fingerprint density at radius 2 is 1.00 bits per heavy atom. The molecule has 2 fully saturated rings. The van der Waals surface area contributed by atoms with Crippen molar-refractivity contribution in [3.8, 4) is 0 Å². The van der Waals surface area contributed by atoms with E-state index in [0.717, 1.165) is 35.0 Å². The summed E-state index contributed by atoms with van der Waals surface area (Å²) in [5, 5.41) is 0. The molecule has 8 atom stereocenters. The van der Waals surface area contributed by atoms with Crippen molar-refractivity contribution in [3.05, 3.63) is 0 Å². The molecule has 94 valence electrons. The van der Waals surface area contributed by atoms with Gasteiger partial charge in [0, 0.05) is 0 Å². The van der Waals surface area contributed by atoms with Gasteiger partial charge in [-0.2, -0.15) is 0 Å². The zero-order valence-corrected chi connectivity index (χ0v) is 13.6. The van der Waals surface area contributed by atoms with Gasteiger partial charge in [0.05, 0.1) is 0 Å². The lowest BCUT2D eigenvalue weighted by atomic mass is 9.86. The molecule has 0 bridgehead atoms. The maximum atomic E-state index is 2.58. The third-order valence-electron chi connectivity index (χ3n) is 5.39. The lowest BCUT2D eigenvalue weighted by molar-refractivity contribution is 0.363. The summed E-state index contributed by atoms with van der Waals surface area (Å²) in [6, 6.07) is 0. The normalized spacial score (nSPS) is 58.1. The molecule has 2 saturated heterocycles. The fraction of sp³-hybridized carbons (Fsp3) is 1.00. The van der Waals surface area contributed by atoms with Crippen molar-refractivity contribution in [3.63, 3.8) is 0 Å². The van der Waals surface area contributed by atoms with Crippen LogP contribution >= 0.6 is 15.8 Å². The van der Waals surface area contributed by atoms with Crippen molar-refractivity contribution >= 4 is 15.8 Å². The minimum Gasteiger partial charge on any atom is -0.106 e. The average Bonchev–Trinajstić information content (AvgIpc) is 2.57. The molecule has 16 heavy (non-hydrogen) atoms. The van der Waals surface area contributed by atoms with Gasteiger partial charge in [-0.25, -0.2) is 0 Å². The molecule has 0 radical (unpaired) electrons. The largest absolute Gasteiger partial charge is 0.106 e. The first-order valence-electron chi connectivity index (χ1n) is 6.84. The van der Waals surface area contributed by atoms with Gasteiger partial charge >= 0.3 is 0 Å². The van der Waals surface area contributed by atoms with Crippen LogP contribution < -0.4 is 0 Å². The van der Waals surface area contributed by atoms with E-state index in [9.17, 15) is 0 Å². The summed E-state index contributed by atoms with van der Waals surface area (Å²) in [6.07, 6.45) is 3.09. The lowest BCUT2D eigenvalue weighted by Crippen LogP contribution is -2.30. The van der Waals surface area contributed by atoms with E-state index in [1.807, 2.05) is 0 Å². The summed E-state index contributed by atoms with van der Waals surface area (Å²) in [4.78, 5) is 0. The van der Waals surface area contributed by atoms with E-state index < -0.39 is 0 Å². The van der Waals surface area contributed by atoms with Gasteiger partial charge in [-0.3, -0.25) is 0 Å². The Hall–Kier alpha value is 0.860. The number of hydrogen-bond acceptors (Lipinski definition) is 0. The van der Waals surface area contributed by atoms with Crippen LogP contribution in [0.25, 0.3) is 0 Å². The van der Waals surface area contributed by atoms with E-state index in [1.54, 1.807) is 12.3 Å². The fourth-order valence-corrected chi connectivity index (χ4v) is 12.2. The molecule has 0 aromatic carbocycles. The molecule has 0 aliphatic carbocycles. The fourth-order valence-electron chi connectivity index (χ4n) is 4.10. The van der Waals surface area contributed by atoms with Gasteiger partial charge < -0.3 is 0 Å². The molecule has 0 aromatic heterocycles. The summed E-state index contributed by atoms with van der Waals surface area (Å²) in [5.74, 6) is 3.98. The Labute approximate surface area is 104 Å². The van der Waals surface area contributed by atoms with Gasteiger partial charge in [-0.1, -0.05) is 27.7 Å². The molecule has 0 aromatic rings. The van der Waals surface area contributed by atoms with Gasteiger partial charge in [-0.05, 0) is 60.6 Å². The highest BCUT2D eigenvalue weighted by Crippen LogP contribution is 2.64. The maximum Gasteiger partial charge on any atom is -0.0113 e. The van der Waals surface area contributed by atoms with E-state index in [4.69, 9.17) is 0 Å². The van der Waals surface area contributed by atoms with Crippen LogP contribution in [-0.2, 0) is 0 Å². The zero-order valence-electron chi connectivity index (χ0n) is 11.8. The van der Waals surface area contributed by atoms with Crippen LogP contribution in [0.5, 0.6) is 0 Å². The lowest BCUT2D eigenvalue weighted by Gasteiger charge is -2.34. The zero-order chi connectivity index (χ0) is 12.0. The first-order chi connectivity index (χ1) is 7.43. The smallest absolute Gasteiger partial charge is 0.0113 e. The van der Waals surface area contributed by atoms with Crippen molar-refractivity contribution in [1.82, 2.24) is 0 Å². The molecule has 2 rings (SSSR count). The molecular weight excluding hydrogens is 230 g/mol. The summed E-state index contributed by atoms with van der Waals surface area (Å²) in [6.45, 7) is 15.2. The predicted octanol–water partition coefficient (Wildman–Crippen LogP) is 4.52.